The smallest absolute Gasteiger partial charge is 0.239 e. The highest BCUT2D eigenvalue weighted by Crippen LogP contribution is 2.34. The van der Waals surface area contributed by atoms with E-state index in [2.05, 4.69) is 49.9 Å². The maximum absolute atomic E-state index is 13.3. The number of fused-ring (bicyclic) bond motifs is 1. The summed E-state index contributed by atoms with van der Waals surface area (Å²) >= 11 is 3.12. The zero-order valence-electron chi connectivity index (χ0n) is 19.2. The number of thioether (sulfide) groups is 1. The van der Waals surface area contributed by atoms with Gasteiger partial charge in [-0.15, -0.1) is 24.2 Å². The van der Waals surface area contributed by atoms with Gasteiger partial charge in [-0.05, 0) is 51.2 Å². The lowest BCUT2D eigenvalue weighted by Gasteiger charge is -2.24. The number of benzene rings is 2. The minimum absolute atomic E-state index is 0. The van der Waals surface area contributed by atoms with E-state index in [0.717, 1.165) is 45.6 Å². The summed E-state index contributed by atoms with van der Waals surface area (Å²) in [6.07, 6.45) is 0. The van der Waals surface area contributed by atoms with Crippen molar-refractivity contribution >= 4 is 56.8 Å². The number of hydrogen-bond acceptors (Lipinski definition) is 6. The molecular weight excluding hydrogens is 462 g/mol. The molecule has 0 N–H and O–H groups in total. The van der Waals surface area contributed by atoms with Gasteiger partial charge in [0.25, 0.3) is 0 Å². The first-order valence-electron chi connectivity index (χ1n) is 10.8. The number of para-hydroxylation sites is 1. The van der Waals surface area contributed by atoms with Gasteiger partial charge in [0.05, 0.1) is 17.1 Å². The Morgan fingerprint density at radius 1 is 1.06 bits per heavy atom. The molecule has 3 aromatic rings. The monoisotopic (exact) mass is 493 g/mol. The van der Waals surface area contributed by atoms with Crippen molar-refractivity contribution in [3.63, 3.8) is 0 Å². The molecule has 0 aliphatic rings. The normalized spacial score (nSPS) is 10.9. The molecule has 0 bridgehead atoms. The highest BCUT2D eigenvalue weighted by atomic mass is 35.5. The van der Waals surface area contributed by atoms with Crippen LogP contribution in [0.4, 0.5) is 5.13 Å². The number of rotatable bonds is 11. The molecule has 2 aromatic carbocycles. The molecule has 3 rings (SSSR count). The third kappa shape index (κ3) is 6.85. The third-order valence-electron chi connectivity index (χ3n) is 5.12. The van der Waals surface area contributed by atoms with Gasteiger partial charge in [0.15, 0.2) is 5.13 Å². The standard InChI is InChI=1S/C24H31N3O2S2.ClH/c1-5-26(6-2)15-16-27(22(28)17-30-19-13-11-18(4)12-14-19)24-25-23-20(29-7-3)9-8-10-21(23)31-24;/h8-14H,5-7,15-17H2,1-4H3;1H. The van der Waals surface area contributed by atoms with Gasteiger partial charge in [-0.25, -0.2) is 4.98 Å². The molecule has 0 radical (unpaired) electrons. The second-order valence-electron chi connectivity index (χ2n) is 7.21. The number of carbonyl (C=O) groups is 1. The zero-order valence-corrected chi connectivity index (χ0v) is 21.6. The van der Waals surface area contributed by atoms with Gasteiger partial charge in [0.1, 0.15) is 11.3 Å². The van der Waals surface area contributed by atoms with Crippen molar-refractivity contribution in [2.24, 2.45) is 0 Å². The summed E-state index contributed by atoms with van der Waals surface area (Å²) in [4.78, 5) is 23.4. The van der Waals surface area contributed by atoms with Crippen LogP contribution < -0.4 is 9.64 Å². The highest BCUT2D eigenvalue weighted by Gasteiger charge is 2.21. The number of aryl methyl sites for hydroxylation is 1. The number of nitrogens with zero attached hydrogens (tertiary/aromatic N) is 3. The molecule has 0 aliphatic heterocycles. The van der Waals surface area contributed by atoms with E-state index in [0.29, 0.717) is 18.9 Å². The van der Waals surface area contributed by atoms with Gasteiger partial charge in [-0.1, -0.05) is 48.9 Å². The van der Waals surface area contributed by atoms with Crippen LogP contribution >= 0.6 is 35.5 Å². The Balaban J connectivity index is 0.00000363. The molecule has 1 aromatic heterocycles. The molecule has 5 nitrogen and oxygen atoms in total. The fourth-order valence-electron chi connectivity index (χ4n) is 3.26. The van der Waals surface area contributed by atoms with E-state index in [1.807, 2.05) is 30.0 Å². The molecule has 0 aliphatic carbocycles. The predicted molar refractivity (Wildman–Crippen MR) is 140 cm³/mol. The fourth-order valence-corrected chi connectivity index (χ4v) is 5.07. The van der Waals surface area contributed by atoms with E-state index in [4.69, 9.17) is 9.72 Å². The molecular formula is C24H32ClN3O2S2. The predicted octanol–water partition coefficient (Wildman–Crippen LogP) is 5.89. The van der Waals surface area contributed by atoms with E-state index in [1.54, 1.807) is 23.1 Å². The van der Waals surface area contributed by atoms with Gasteiger partial charge in [0, 0.05) is 18.0 Å². The number of halogens is 1. The van der Waals surface area contributed by atoms with Crippen LogP contribution in [0.3, 0.4) is 0 Å². The minimum atomic E-state index is 0. The van der Waals surface area contributed by atoms with E-state index in [1.165, 1.54) is 5.56 Å². The second kappa shape index (κ2) is 13.0. The van der Waals surface area contributed by atoms with Crippen LogP contribution in [0.15, 0.2) is 47.4 Å². The first-order chi connectivity index (χ1) is 15.0. The van der Waals surface area contributed by atoms with Crippen molar-refractivity contribution in [3.8, 4) is 5.75 Å². The van der Waals surface area contributed by atoms with E-state index >= 15 is 0 Å². The average molecular weight is 494 g/mol. The van der Waals surface area contributed by atoms with Crippen LogP contribution in [0.25, 0.3) is 10.2 Å². The number of amides is 1. The average Bonchev–Trinajstić information content (AvgIpc) is 3.21. The summed E-state index contributed by atoms with van der Waals surface area (Å²) in [5.41, 5.74) is 2.05. The maximum atomic E-state index is 13.3. The van der Waals surface area contributed by atoms with E-state index in [-0.39, 0.29) is 18.3 Å². The van der Waals surface area contributed by atoms with Crippen molar-refractivity contribution in [2.45, 2.75) is 32.6 Å². The number of likely N-dealkylation sites (N-methyl/N-ethyl adjacent to an activating group) is 1. The lowest BCUT2D eigenvalue weighted by Crippen LogP contribution is -2.39. The molecule has 0 saturated carbocycles. The van der Waals surface area contributed by atoms with Gasteiger partial charge >= 0.3 is 0 Å². The topological polar surface area (TPSA) is 45.7 Å². The van der Waals surface area contributed by atoms with Crippen molar-refractivity contribution in [3.05, 3.63) is 48.0 Å². The van der Waals surface area contributed by atoms with Crippen LogP contribution in [-0.2, 0) is 4.79 Å². The summed E-state index contributed by atoms with van der Waals surface area (Å²) in [6.45, 7) is 12.3. The Kier molecular flexibility index (Phi) is 10.8. The third-order valence-corrected chi connectivity index (χ3v) is 7.16. The molecule has 0 saturated heterocycles. The van der Waals surface area contributed by atoms with Gasteiger partial charge in [-0.2, -0.15) is 0 Å². The summed E-state index contributed by atoms with van der Waals surface area (Å²) in [5.74, 6) is 1.23. The quantitative estimate of drug-likeness (QED) is 0.311. The maximum Gasteiger partial charge on any atom is 0.239 e. The zero-order chi connectivity index (χ0) is 22.2. The van der Waals surface area contributed by atoms with Gasteiger partial charge in [0.2, 0.25) is 5.91 Å². The molecule has 8 heteroatoms. The molecule has 32 heavy (non-hydrogen) atoms. The highest BCUT2D eigenvalue weighted by molar-refractivity contribution is 8.00. The molecule has 0 atom stereocenters. The van der Waals surface area contributed by atoms with Crippen molar-refractivity contribution in [2.75, 3.05) is 43.4 Å². The van der Waals surface area contributed by atoms with Crippen LogP contribution in [0, 0.1) is 6.92 Å². The van der Waals surface area contributed by atoms with Crippen molar-refractivity contribution in [1.29, 1.82) is 0 Å². The second-order valence-corrected chi connectivity index (χ2v) is 9.26. The molecule has 0 fully saturated rings. The Labute approximate surface area is 205 Å². The first-order valence-corrected chi connectivity index (χ1v) is 12.6. The molecule has 1 heterocycles. The van der Waals surface area contributed by atoms with Crippen LogP contribution in [0.1, 0.15) is 26.3 Å². The Bertz CT molecular complexity index is 991. The number of hydrogen-bond donors (Lipinski definition) is 0. The molecule has 0 unspecified atom stereocenters. The van der Waals surface area contributed by atoms with Crippen molar-refractivity contribution in [1.82, 2.24) is 9.88 Å². The number of aromatic nitrogens is 1. The lowest BCUT2D eigenvalue weighted by molar-refractivity contribution is -0.116. The number of anilines is 1. The summed E-state index contributed by atoms with van der Waals surface area (Å²) in [6, 6.07) is 14.2. The number of carbonyl (C=O) groups excluding carboxylic acids is 1. The molecule has 174 valence electrons. The van der Waals surface area contributed by atoms with E-state index in [9.17, 15) is 4.79 Å². The molecule has 1 amide bonds. The van der Waals surface area contributed by atoms with Crippen LogP contribution in [0.5, 0.6) is 5.75 Å². The first kappa shape index (κ1) is 26.5. The Morgan fingerprint density at radius 3 is 2.44 bits per heavy atom. The van der Waals surface area contributed by atoms with Crippen LogP contribution in [-0.4, -0.2) is 54.3 Å². The summed E-state index contributed by atoms with van der Waals surface area (Å²) in [5, 5.41) is 0.740. The minimum Gasteiger partial charge on any atom is -0.492 e. The van der Waals surface area contributed by atoms with Gasteiger partial charge < -0.3 is 9.64 Å². The van der Waals surface area contributed by atoms with Gasteiger partial charge in [-0.3, -0.25) is 9.69 Å². The van der Waals surface area contributed by atoms with Crippen LogP contribution in [0.2, 0.25) is 0 Å². The largest absolute Gasteiger partial charge is 0.492 e. The SMILES string of the molecule is CCOc1cccc2sc(N(CCN(CC)CC)C(=O)CSc3ccc(C)cc3)nc12.Cl. The number of thiazole rings is 1. The Morgan fingerprint density at radius 2 is 1.78 bits per heavy atom. The summed E-state index contributed by atoms with van der Waals surface area (Å²) in [7, 11) is 0. The fraction of sp³-hybridized carbons (Fsp3) is 0.417. The molecule has 0 spiro atoms. The summed E-state index contributed by atoms with van der Waals surface area (Å²) < 4.78 is 6.78. The van der Waals surface area contributed by atoms with Crippen molar-refractivity contribution < 1.29 is 9.53 Å². The van der Waals surface area contributed by atoms with E-state index < -0.39 is 0 Å². The number of ether oxygens (including phenoxy) is 1. The Hall–Kier alpha value is -1.80. The lowest BCUT2D eigenvalue weighted by atomic mass is 10.2.